The summed E-state index contributed by atoms with van der Waals surface area (Å²) >= 11 is 0. The Balaban J connectivity index is 2.43. The molecule has 0 saturated carbocycles. The molecule has 1 rings (SSSR count). The van der Waals surface area contributed by atoms with Gasteiger partial charge in [0.25, 0.3) is 0 Å². The van der Waals surface area contributed by atoms with Crippen molar-refractivity contribution in [3.05, 3.63) is 30.1 Å². The molecule has 0 spiro atoms. The first-order valence-electron chi connectivity index (χ1n) is 6.06. The van der Waals surface area contributed by atoms with Crippen LogP contribution in [0.5, 0.6) is 0 Å². The van der Waals surface area contributed by atoms with Gasteiger partial charge >= 0.3 is 0 Å². The van der Waals surface area contributed by atoms with Crippen LogP contribution in [0.3, 0.4) is 0 Å². The van der Waals surface area contributed by atoms with Crippen molar-refractivity contribution >= 4 is 0 Å². The van der Waals surface area contributed by atoms with Gasteiger partial charge in [-0.1, -0.05) is 19.9 Å². The Kier molecular flexibility index (Phi) is 5.11. The first-order chi connectivity index (χ1) is 8.05. The van der Waals surface area contributed by atoms with Crippen molar-refractivity contribution < 1.29 is 0 Å². The highest BCUT2D eigenvalue weighted by Crippen LogP contribution is 2.22. The van der Waals surface area contributed by atoms with Crippen LogP contribution >= 0.6 is 0 Å². The third kappa shape index (κ3) is 4.97. The SMILES string of the molecule is C[C@@H](NCC(C)(C)CCC#N)c1ccccn1. The third-order valence-corrected chi connectivity index (χ3v) is 2.93. The second kappa shape index (κ2) is 6.36. The van der Waals surface area contributed by atoms with Gasteiger partial charge in [-0.2, -0.15) is 5.26 Å². The number of nitrogens with one attached hydrogen (secondary N) is 1. The molecule has 0 fully saturated rings. The number of hydrogen-bond donors (Lipinski definition) is 1. The van der Waals surface area contributed by atoms with Crippen LogP contribution in [0.4, 0.5) is 0 Å². The van der Waals surface area contributed by atoms with E-state index in [9.17, 15) is 0 Å². The molecule has 0 aliphatic rings. The minimum absolute atomic E-state index is 0.152. The summed E-state index contributed by atoms with van der Waals surface area (Å²) in [6.45, 7) is 7.38. The van der Waals surface area contributed by atoms with Crippen LogP contribution in [0.1, 0.15) is 45.3 Å². The topological polar surface area (TPSA) is 48.7 Å². The average Bonchev–Trinajstić information content (AvgIpc) is 2.35. The van der Waals surface area contributed by atoms with Crippen LogP contribution in [0.15, 0.2) is 24.4 Å². The van der Waals surface area contributed by atoms with Crippen molar-refractivity contribution in [1.82, 2.24) is 10.3 Å². The van der Waals surface area contributed by atoms with Gasteiger partial charge < -0.3 is 5.32 Å². The maximum absolute atomic E-state index is 8.60. The Morgan fingerprint density at radius 1 is 1.47 bits per heavy atom. The van der Waals surface area contributed by atoms with Gasteiger partial charge in [-0.3, -0.25) is 4.98 Å². The monoisotopic (exact) mass is 231 g/mol. The van der Waals surface area contributed by atoms with E-state index in [0.717, 1.165) is 18.7 Å². The fourth-order valence-electron chi connectivity index (χ4n) is 1.65. The highest BCUT2D eigenvalue weighted by Gasteiger charge is 2.18. The lowest BCUT2D eigenvalue weighted by atomic mass is 9.87. The fourth-order valence-corrected chi connectivity index (χ4v) is 1.65. The predicted molar refractivity (Wildman–Crippen MR) is 69.3 cm³/mol. The molecule has 0 unspecified atom stereocenters. The van der Waals surface area contributed by atoms with Crippen molar-refractivity contribution in [3.8, 4) is 6.07 Å². The largest absolute Gasteiger partial charge is 0.308 e. The van der Waals surface area contributed by atoms with Gasteiger partial charge in [0.15, 0.2) is 0 Å². The van der Waals surface area contributed by atoms with Crippen LogP contribution in [-0.2, 0) is 0 Å². The highest BCUT2D eigenvalue weighted by molar-refractivity contribution is 5.07. The van der Waals surface area contributed by atoms with Gasteiger partial charge in [0.2, 0.25) is 0 Å². The van der Waals surface area contributed by atoms with Gasteiger partial charge in [0, 0.05) is 25.2 Å². The highest BCUT2D eigenvalue weighted by atomic mass is 14.9. The molecule has 0 aliphatic heterocycles. The molecule has 0 saturated heterocycles. The molecule has 0 amide bonds. The average molecular weight is 231 g/mol. The summed E-state index contributed by atoms with van der Waals surface area (Å²) < 4.78 is 0. The van der Waals surface area contributed by atoms with Crippen LogP contribution in [-0.4, -0.2) is 11.5 Å². The summed E-state index contributed by atoms with van der Waals surface area (Å²) in [4.78, 5) is 4.33. The number of rotatable bonds is 6. The predicted octanol–water partition coefficient (Wildman–Crippen LogP) is 3.06. The Bertz CT molecular complexity index is 365. The van der Waals surface area contributed by atoms with Gasteiger partial charge in [-0.05, 0) is 30.9 Å². The van der Waals surface area contributed by atoms with Gasteiger partial charge in [0.1, 0.15) is 0 Å². The molecule has 1 aromatic heterocycles. The molecule has 0 radical (unpaired) electrons. The molecule has 1 heterocycles. The zero-order valence-electron chi connectivity index (χ0n) is 10.9. The number of aromatic nitrogens is 1. The molecule has 0 aliphatic carbocycles. The first kappa shape index (κ1) is 13.7. The molecule has 3 heteroatoms. The summed E-state index contributed by atoms with van der Waals surface area (Å²) in [5, 5.41) is 12.1. The van der Waals surface area contributed by atoms with E-state index in [1.807, 2.05) is 24.4 Å². The molecule has 0 bridgehead atoms. The lowest BCUT2D eigenvalue weighted by Gasteiger charge is -2.26. The molecule has 1 N–H and O–H groups in total. The number of hydrogen-bond acceptors (Lipinski definition) is 3. The van der Waals surface area contributed by atoms with Crippen LogP contribution in [0.25, 0.3) is 0 Å². The molecule has 3 nitrogen and oxygen atoms in total. The van der Waals surface area contributed by atoms with E-state index in [-0.39, 0.29) is 11.5 Å². The maximum atomic E-state index is 8.60. The molecule has 17 heavy (non-hydrogen) atoms. The molecular weight excluding hydrogens is 210 g/mol. The van der Waals surface area contributed by atoms with Crippen LogP contribution in [0.2, 0.25) is 0 Å². The smallest absolute Gasteiger partial charge is 0.0621 e. The Labute approximate surface area is 104 Å². The summed E-state index contributed by atoms with van der Waals surface area (Å²) in [6, 6.07) is 8.40. The minimum atomic E-state index is 0.152. The van der Waals surface area contributed by atoms with Gasteiger partial charge in [-0.25, -0.2) is 0 Å². The molecule has 1 aromatic rings. The van der Waals surface area contributed by atoms with E-state index >= 15 is 0 Å². The second-order valence-electron chi connectivity index (χ2n) is 5.18. The van der Waals surface area contributed by atoms with E-state index in [1.54, 1.807) is 0 Å². The number of nitriles is 1. The minimum Gasteiger partial charge on any atom is -0.308 e. The van der Waals surface area contributed by atoms with E-state index in [2.05, 4.69) is 37.1 Å². The quantitative estimate of drug-likeness (QED) is 0.818. The lowest BCUT2D eigenvalue weighted by molar-refractivity contribution is 0.303. The lowest BCUT2D eigenvalue weighted by Crippen LogP contribution is -2.31. The van der Waals surface area contributed by atoms with E-state index in [0.29, 0.717) is 6.42 Å². The van der Waals surface area contributed by atoms with Crippen molar-refractivity contribution in [2.24, 2.45) is 5.41 Å². The van der Waals surface area contributed by atoms with E-state index < -0.39 is 0 Å². The molecule has 1 atom stereocenters. The van der Waals surface area contributed by atoms with Gasteiger partial charge in [-0.15, -0.1) is 0 Å². The van der Waals surface area contributed by atoms with Crippen molar-refractivity contribution in [2.75, 3.05) is 6.54 Å². The van der Waals surface area contributed by atoms with Crippen molar-refractivity contribution in [3.63, 3.8) is 0 Å². The fraction of sp³-hybridized carbons (Fsp3) is 0.571. The van der Waals surface area contributed by atoms with Crippen molar-refractivity contribution in [2.45, 2.75) is 39.7 Å². The molecule has 92 valence electrons. The summed E-state index contributed by atoms with van der Waals surface area (Å²) in [7, 11) is 0. The normalized spacial score (nSPS) is 13.1. The summed E-state index contributed by atoms with van der Waals surface area (Å²) in [5.74, 6) is 0. The van der Waals surface area contributed by atoms with E-state index in [1.165, 1.54) is 0 Å². The summed E-state index contributed by atoms with van der Waals surface area (Å²) in [5.41, 5.74) is 1.21. The number of pyridine rings is 1. The van der Waals surface area contributed by atoms with Crippen LogP contribution < -0.4 is 5.32 Å². The van der Waals surface area contributed by atoms with E-state index in [4.69, 9.17) is 5.26 Å². The third-order valence-electron chi connectivity index (χ3n) is 2.93. The molecule has 0 aromatic carbocycles. The first-order valence-corrected chi connectivity index (χ1v) is 6.06. The standard InChI is InChI=1S/C14H21N3/c1-12(13-7-4-5-10-16-13)17-11-14(2,3)8-6-9-15/h4-5,7,10,12,17H,6,8,11H2,1-3H3/t12-/m1/s1. The second-order valence-corrected chi connectivity index (χ2v) is 5.18. The number of nitrogens with zero attached hydrogens (tertiary/aromatic N) is 2. The molecular formula is C14H21N3. The van der Waals surface area contributed by atoms with Crippen molar-refractivity contribution in [1.29, 1.82) is 5.26 Å². The Morgan fingerprint density at radius 2 is 2.24 bits per heavy atom. The Morgan fingerprint density at radius 3 is 2.82 bits per heavy atom. The van der Waals surface area contributed by atoms with Crippen LogP contribution in [0, 0.1) is 16.7 Å². The zero-order chi connectivity index (χ0) is 12.7. The van der Waals surface area contributed by atoms with Gasteiger partial charge in [0.05, 0.1) is 11.8 Å². The summed E-state index contributed by atoms with van der Waals surface area (Å²) in [6.07, 6.45) is 3.35. The Hall–Kier alpha value is -1.40. The zero-order valence-corrected chi connectivity index (χ0v) is 10.9. The maximum Gasteiger partial charge on any atom is 0.0621 e.